The number of hydrogen-bond donors (Lipinski definition) is 1. The van der Waals surface area contributed by atoms with Gasteiger partial charge < -0.3 is 10.1 Å². The molecule has 0 bridgehead atoms. The van der Waals surface area contributed by atoms with Gasteiger partial charge in [-0.1, -0.05) is 13.8 Å². The molecule has 4 nitrogen and oxygen atoms in total. The lowest BCUT2D eigenvalue weighted by atomic mass is 9.99. The topological polar surface area (TPSA) is 55.4 Å². The third kappa shape index (κ3) is 3.16. The molecule has 0 atom stereocenters. The van der Waals surface area contributed by atoms with E-state index < -0.39 is 14.6 Å². The van der Waals surface area contributed by atoms with E-state index in [1.807, 2.05) is 13.8 Å². The van der Waals surface area contributed by atoms with Gasteiger partial charge in [0.05, 0.1) is 4.75 Å². The molecule has 1 N–H and O–H groups in total. The van der Waals surface area contributed by atoms with Crippen molar-refractivity contribution in [1.82, 2.24) is 5.32 Å². The van der Waals surface area contributed by atoms with Gasteiger partial charge in [0.1, 0.15) is 0 Å². The van der Waals surface area contributed by atoms with Gasteiger partial charge in [0.25, 0.3) is 0 Å². The van der Waals surface area contributed by atoms with E-state index in [2.05, 4.69) is 5.32 Å². The number of sulfone groups is 1. The van der Waals surface area contributed by atoms with Crippen molar-refractivity contribution in [2.45, 2.75) is 37.5 Å². The molecule has 1 heterocycles. The van der Waals surface area contributed by atoms with E-state index in [9.17, 15) is 8.42 Å². The molecular formula is C10H21NO3S. The maximum absolute atomic E-state index is 11.8. The summed E-state index contributed by atoms with van der Waals surface area (Å²) in [4.78, 5) is 0. The summed E-state index contributed by atoms with van der Waals surface area (Å²) in [6, 6.07) is 0.312. The normalized spacial score (nSPS) is 21.9. The highest BCUT2D eigenvalue weighted by Crippen LogP contribution is 2.28. The zero-order valence-electron chi connectivity index (χ0n) is 9.75. The van der Waals surface area contributed by atoms with Crippen molar-refractivity contribution < 1.29 is 13.2 Å². The molecule has 1 aliphatic heterocycles. The van der Waals surface area contributed by atoms with Crippen LogP contribution in [0.3, 0.4) is 0 Å². The molecule has 15 heavy (non-hydrogen) atoms. The van der Waals surface area contributed by atoms with Crippen molar-refractivity contribution in [2.75, 3.05) is 26.0 Å². The van der Waals surface area contributed by atoms with Gasteiger partial charge in [0.2, 0.25) is 0 Å². The molecular weight excluding hydrogens is 214 g/mol. The number of ether oxygens (including phenoxy) is 1. The van der Waals surface area contributed by atoms with Crippen LogP contribution in [0.5, 0.6) is 0 Å². The molecule has 5 heteroatoms. The first-order chi connectivity index (χ1) is 6.87. The Hall–Kier alpha value is -0.130. The minimum absolute atomic E-state index is 0.312. The fourth-order valence-corrected chi connectivity index (χ4v) is 3.07. The van der Waals surface area contributed by atoms with Crippen molar-refractivity contribution in [3.8, 4) is 0 Å². The minimum Gasteiger partial charge on any atom is -0.381 e. The maximum Gasteiger partial charge on any atom is 0.154 e. The Morgan fingerprint density at radius 2 is 1.87 bits per heavy atom. The summed E-state index contributed by atoms with van der Waals surface area (Å²) in [5.41, 5.74) is 0. The third-order valence-corrected chi connectivity index (χ3v) is 5.15. The van der Waals surface area contributed by atoms with Crippen molar-refractivity contribution in [1.29, 1.82) is 0 Å². The van der Waals surface area contributed by atoms with Crippen LogP contribution < -0.4 is 5.32 Å². The zero-order valence-corrected chi connectivity index (χ0v) is 10.6. The molecule has 0 radical (unpaired) electrons. The lowest BCUT2D eigenvalue weighted by molar-refractivity contribution is 0.0740. The Labute approximate surface area is 92.3 Å². The molecule has 1 saturated heterocycles. The predicted octanol–water partition coefficient (Wildman–Crippen LogP) is 0.578. The molecule has 0 unspecified atom stereocenters. The average Bonchev–Trinajstić information content (AvgIpc) is 2.14. The molecule has 0 amide bonds. The van der Waals surface area contributed by atoms with Crippen LogP contribution in [0.1, 0.15) is 26.7 Å². The maximum atomic E-state index is 11.8. The molecule has 0 aromatic carbocycles. The highest BCUT2D eigenvalue weighted by atomic mass is 32.2. The van der Waals surface area contributed by atoms with Crippen LogP contribution in [0.4, 0.5) is 0 Å². The zero-order chi connectivity index (χ0) is 11.5. The summed E-state index contributed by atoms with van der Waals surface area (Å²) in [6.45, 7) is 5.68. The van der Waals surface area contributed by atoms with Crippen LogP contribution in [-0.2, 0) is 14.6 Å². The highest BCUT2D eigenvalue weighted by molar-refractivity contribution is 7.92. The van der Waals surface area contributed by atoms with Crippen molar-refractivity contribution in [2.24, 2.45) is 0 Å². The Bertz CT molecular complexity index is 292. The van der Waals surface area contributed by atoms with E-state index in [1.54, 1.807) is 0 Å². The largest absolute Gasteiger partial charge is 0.381 e. The van der Waals surface area contributed by atoms with E-state index in [0.29, 0.717) is 38.6 Å². The summed E-state index contributed by atoms with van der Waals surface area (Å²) < 4.78 is 28.3. The van der Waals surface area contributed by atoms with Gasteiger partial charge in [0.15, 0.2) is 9.84 Å². The van der Waals surface area contributed by atoms with Crippen LogP contribution in [0.15, 0.2) is 0 Å². The quantitative estimate of drug-likeness (QED) is 0.774. The lowest BCUT2D eigenvalue weighted by Crippen LogP contribution is -2.51. The fourth-order valence-electron chi connectivity index (χ4n) is 1.81. The number of nitrogens with one attached hydrogen (secondary N) is 1. The average molecular weight is 235 g/mol. The summed E-state index contributed by atoms with van der Waals surface area (Å²) in [7, 11) is -3.03. The Kier molecular flexibility index (Phi) is 4.14. The minimum atomic E-state index is -3.03. The second-order valence-electron chi connectivity index (χ2n) is 4.60. The van der Waals surface area contributed by atoms with Crippen LogP contribution >= 0.6 is 0 Å². The lowest BCUT2D eigenvalue weighted by Gasteiger charge is -2.36. The molecule has 0 aromatic heterocycles. The van der Waals surface area contributed by atoms with Crippen LogP contribution in [-0.4, -0.2) is 45.2 Å². The monoisotopic (exact) mass is 235 g/mol. The molecule has 1 fully saturated rings. The second-order valence-corrected chi connectivity index (χ2v) is 7.01. The summed E-state index contributed by atoms with van der Waals surface area (Å²) >= 11 is 0. The first kappa shape index (κ1) is 12.9. The molecule has 90 valence electrons. The predicted molar refractivity (Wildman–Crippen MR) is 60.8 cm³/mol. The van der Waals surface area contributed by atoms with Gasteiger partial charge in [0, 0.05) is 32.1 Å². The van der Waals surface area contributed by atoms with E-state index in [1.165, 1.54) is 6.26 Å². The van der Waals surface area contributed by atoms with Crippen LogP contribution in [0, 0.1) is 0 Å². The van der Waals surface area contributed by atoms with Gasteiger partial charge in [-0.05, 0) is 12.8 Å². The number of rotatable bonds is 4. The first-order valence-electron chi connectivity index (χ1n) is 5.38. The summed E-state index contributed by atoms with van der Waals surface area (Å²) in [5, 5.41) is 3.23. The summed E-state index contributed by atoms with van der Waals surface area (Å²) in [5.74, 6) is 0. The van der Waals surface area contributed by atoms with Crippen molar-refractivity contribution in [3.05, 3.63) is 0 Å². The van der Waals surface area contributed by atoms with E-state index in [-0.39, 0.29) is 0 Å². The molecule has 0 saturated carbocycles. The van der Waals surface area contributed by atoms with Crippen LogP contribution in [0.25, 0.3) is 0 Å². The van der Waals surface area contributed by atoms with E-state index >= 15 is 0 Å². The van der Waals surface area contributed by atoms with E-state index in [0.717, 1.165) is 0 Å². The molecule has 1 rings (SSSR count). The Balaban J connectivity index is 2.77. The Morgan fingerprint density at radius 1 is 1.33 bits per heavy atom. The molecule has 1 aliphatic rings. The Morgan fingerprint density at radius 3 is 2.27 bits per heavy atom. The molecule has 0 aliphatic carbocycles. The van der Waals surface area contributed by atoms with Crippen molar-refractivity contribution in [3.63, 3.8) is 0 Å². The SMILES string of the molecule is CC(C)NCC1(S(C)(=O)=O)CCOCC1. The smallest absolute Gasteiger partial charge is 0.154 e. The van der Waals surface area contributed by atoms with Crippen molar-refractivity contribution >= 4 is 9.84 Å². The second kappa shape index (κ2) is 4.80. The highest BCUT2D eigenvalue weighted by Gasteiger charge is 2.41. The first-order valence-corrected chi connectivity index (χ1v) is 7.27. The van der Waals surface area contributed by atoms with Gasteiger partial charge in [-0.3, -0.25) is 0 Å². The van der Waals surface area contributed by atoms with Gasteiger partial charge >= 0.3 is 0 Å². The third-order valence-electron chi connectivity index (χ3n) is 3.02. The standard InChI is InChI=1S/C10H21NO3S/c1-9(2)11-8-10(15(3,12)13)4-6-14-7-5-10/h9,11H,4-8H2,1-3H3. The molecule has 0 aromatic rings. The summed E-state index contributed by atoms with van der Waals surface area (Å²) in [6.07, 6.45) is 2.54. The van der Waals surface area contributed by atoms with Gasteiger partial charge in [-0.15, -0.1) is 0 Å². The van der Waals surface area contributed by atoms with E-state index in [4.69, 9.17) is 4.74 Å². The number of hydrogen-bond acceptors (Lipinski definition) is 4. The molecule has 0 spiro atoms. The van der Waals surface area contributed by atoms with Gasteiger partial charge in [-0.2, -0.15) is 0 Å². The van der Waals surface area contributed by atoms with Crippen LogP contribution in [0.2, 0.25) is 0 Å². The van der Waals surface area contributed by atoms with Gasteiger partial charge in [-0.25, -0.2) is 8.42 Å². The fraction of sp³-hybridized carbons (Fsp3) is 1.00.